The van der Waals surface area contributed by atoms with Crippen LogP contribution in [0.3, 0.4) is 0 Å². The van der Waals surface area contributed by atoms with Crippen molar-refractivity contribution in [2.45, 2.75) is 25.2 Å². The van der Waals surface area contributed by atoms with Gasteiger partial charge in [-0.3, -0.25) is 9.00 Å². The molecule has 0 heterocycles. The highest BCUT2D eigenvalue weighted by Crippen LogP contribution is 2.45. The van der Waals surface area contributed by atoms with Crippen molar-refractivity contribution in [3.05, 3.63) is 70.5 Å². The number of amides is 1. The molecule has 2 unspecified atom stereocenters. The number of carbonyl (C=O) groups is 1. The minimum Gasteiger partial charge on any atom is -0.345 e. The first-order chi connectivity index (χ1) is 15.2. The van der Waals surface area contributed by atoms with Gasteiger partial charge in [0.25, 0.3) is 0 Å². The van der Waals surface area contributed by atoms with E-state index in [-0.39, 0.29) is 17.6 Å². The second kappa shape index (κ2) is 10.4. The maximum absolute atomic E-state index is 14.2. The molecule has 6 heteroatoms. The minimum absolute atomic E-state index is 0.0293. The van der Waals surface area contributed by atoms with Gasteiger partial charge < -0.3 is 10.2 Å². The molecule has 2 atom stereocenters. The van der Waals surface area contributed by atoms with Crippen LogP contribution in [-0.4, -0.2) is 48.5 Å². The van der Waals surface area contributed by atoms with Crippen LogP contribution in [0.25, 0.3) is 17.2 Å². The van der Waals surface area contributed by atoms with Crippen LogP contribution in [0.15, 0.2) is 52.9 Å². The first-order valence-electron chi connectivity index (χ1n) is 10.8. The minimum atomic E-state index is -1.03. The van der Waals surface area contributed by atoms with Gasteiger partial charge in [0.1, 0.15) is 5.82 Å². The summed E-state index contributed by atoms with van der Waals surface area (Å²) in [5, 5.41) is 3.10. The SMILES string of the molecule is CNCCCN(C)C(=O)C(C)C1=C(C)/C(=C/c2ccc(S(C)=O)cc2)c2ccc(F)cc21. The second-order valence-corrected chi connectivity index (χ2v) is 9.63. The van der Waals surface area contributed by atoms with Gasteiger partial charge in [0, 0.05) is 35.5 Å². The predicted octanol–water partition coefficient (Wildman–Crippen LogP) is 4.59. The number of benzene rings is 2. The van der Waals surface area contributed by atoms with Gasteiger partial charge in [-0.05, 0) is 97.6 Å². The Bertz CT molecular complexity index is 1090. The van der Waals surface area contributed by atoms with Crippen molar-refractivity contribution in [3.8, 4) is 0 Å². The van der Waals surface area contributed by atoms with Gasteiger partial charge in [-0.1, -0.05) is 18.2 Å². The van der Waals surface area contributed by atoms with E-state index in [9.17, 15) is 13.4 Å². The van der Waals surface area contributed by atoms with Crippen molar-refractivity contribution in [3.63, 3.8) is 0 Å². The maximum atomic E-state index is 14.2. The van der Waals surface area contributed by atoms with Crippen molar-refractivity contribution in [2.75, 3.05) is 33.4 Å². The summed E-state index contributed by atoms with van der Waals surface area (Å²) in [5.41, 5.74) is 5.52. The lowest BCUT2D eigenvalue weighted by Gasteiger charge is -2.23. The van der Waals surface area contributed by atoms with E-state index in [0.29, 0.717) is 6.54 Å². The Morgan fingerprint density at radius 3 is 2.50 bits per heavy atom. The smallest absolute Gasteiger partial charge is 0.229 e. The molecule has 1 aliphatic rings. The number of nitrogens with one attached hydrogen (secondary N) is 1. The molecule has 0 spiro atoms. The summed E-state index contributed by atoms with van der Waals surface area (Å²) in [7, 11) is 2.69. The number of fused-ring (bicyclic) bond motifs is 1. The highest BCUT2D eigenvalue weighted by Gasteiger charge is 2.32. The summed E-state index contributed by atoms with van der Waals surface area (Å²) >= 11 is 0. The Hall–Kier alpha value is -2.57. The van der Waals surface area contributed by atoms with Gasteiger partial charge >= 0.3 is 0 Å². The van der Waals surface area contributed by atoms with E-state index in [4.69, 9.17) is 0 Å². The summed E-state index contributed by atoms with van der Waals surface area (Å²) in [6, 6.07) is 12.4. The molecule has 0 aromatic heterocycles. The van der Waals surface area contributed by atoms with Crippen LogP contribution < -0.4 is 5.32 Å². The van der Waals surface area contributed by atoms with E-state index in [1.54, 1.807) is 17.2 Å². The Morgan fingerprint density at radius 1 is 1.19 bits per heavy atom. The Kier molecular flexibility index (Phi) is 7.80. The molecular formula is C26H31FN2O2S. The van der Waals surface area contributed by atoms with Gasteiger partial charge in [-0.15, -0.1) is 0 Å². The highest BCUT2D eigenvalue weighted by atomic mass is 32.2. The molecule has 170 valence electrons. The van der Waals surface area contributed by atoms with E-state index in [1.807, 2.05) is 52.2 Å². The number of allylic oxidation sites excluding steroid dienone is 2. The van der Waals surface area contributed by atoms with Crippen LogP contribution in [-0.2, 0) is 15.6 Å². The van der Waals surface area contributed by atoms with Crippen LogP contribution in [0.2, 0.25) is 0 Å². The zero-order chi connectivity index (χ0) is 23.4. The summed E-state index contributed by atoms with van der Waals surface area (Å²) < 4.78 is 25.9. The average molecular weight is 455 g/mol. The standard InChI is InChI=1S/C26H31FN2O2S/c1-17-23(15-19-7-10-21(11-8-19)32(5)31)22-12-9-20(27)16-24(22)25(17)18(2)26(30)29(4)14-6-13-28-3/h7-12,15-16,18,28H,6,13-14H2,1-5H3/b23-15-. The van der Waals surface area contributed by atoms with Crippen molar-refractivity contribution < 1.29 is 13.4 Å². The molecule has 3 rings (SSSR count). The van der Waals surface area contributed by atoms with Crippen molar-refractivity contribution in [1.82, 2.24) is 10.2 Å². The van der Waals surface area contributed by atoms with Crippen LogP contribution in [0.5, 0.6) is 0 Å². The Balaban J connectivity index is 2.00. The summed E-state index contributed by atoms with van der Waals surface area (Å²) in [5.74, 6) is -0.667. The van der Waals surface area contributed by atoms with Crippen molar-refractivity contribution >= 4 is 33.9 Å². The van der Waals surface area contributed by atoms with Gasteiger partial charge in [-0.2, -0.15) is 0 Å². The van der Waals surface area contributed by atoms with Crippen LogP contribution in [0.1, 0.15) is 37.0 Å². The lowest BCUT2D eigenvalue weighted by atomic mass is 9.92. The molecule has 0 bridgehead atoms. The monoisotopic (exact) mass is 454 g/mol. The predicted molar refractivity (Wildman–Crippen MR) is 131 cm³/mol. The zero-order valence-electron chi connectivity index (χ0n) is 19.4. The fraction of sp³-hybridized carbons (Fsp3) is 0.346. The molecule has 0 saturated carbocycles. The molecule has 32 heavy (non-hydrogen) atoms. The quantitative estimate of drug-likeness (QED) is 0.594. The first-order valence-corrected chi connectivity index (χ1v) is 12.4. The van der Waals surface area contributed by atoms with Gasteiger partial charge in [0.2, 0.25) is 5.91 Å². The van der Waals surface area contributed by atoms with E-state index < -0.39 is 10.8 Å². The van der Waals surface area contributed by atoms with Gasteiger partial charge in [0.05, 0.1) is 5.92 Å². The molecule has 2 aromatic carbocycles. The topological polar surface area (TPSA) is 49.4 Å². The third-order valence-corrected chi connectivity index (χ3v) is 6.93. The number of nitrogens with zero attached hydrogens (tertiary/aromatic N) is 1. The number of carbonyl (C=O) groups excluding carboxylic acids is 1. The summed E-state index contributed by atoms with van der Waals surface area (Å²) in [4.78, 5) is 15.7. The summed E-state index contributed by atoms with van der Waals surface area (Å²) in [6.45, 7) is 5.41. The lowest BCUT2D eigenvalue weighted by molar-refractivity contribution is -0.131. The third kappa shape index (κ3) is 5.08. The van der Waals surface area contributed by atoms with E-state index in [0.717, 1.165) is 51.3 Å². The van der Waals surface area contributed by atoms with Crippen LogP contribution in [0, 0.1) is 11.7 Å². The van der Waals surface area contributed by atoms with E-state index in [1.165, 1.54) is 12.1 Å². The molecule has 0 aliphatic heterocycles. The number of halogens is 1. The molecule has 0 fully saturated rings. The molecule has 0 saturated heterocycles. The fourth-order valence-electron chi connectivity index (χ4n) is 4.25. The fourth-order valence-corrected chi connectivity index (χ4v) is 4.77. The number of hydrogen-bond donors (Lipinski definition) is 1. The number of rotatable bonds is 8. The summed E-state index contributed by atoms with van der Waals surface area (Å²) in [6.07, 6.45) is 4.58. The number of hydrogen-bond acceptors (Lipinski definition) is 3. The van der Waals surface area contributed by atoms with Gasteiger partial charge in [-0.25, -0.2) is 4.39 Å². The Morgan fingerprint density at radius 2 is 1.88 bits per heavy atom. The van der Waals surface area contributed by atoms with Crippen molar-refractivity contribution in [1.29, 1.82) is 0 Å². The molecule has 1 N–H and O–H groups in total. The van der Waals surface area contributed by atoms with Crippen LogP contribution >= 0.6 is 0 Å². The molecule has 0 radical (unpaired) electrons. The van der Waals surface area contributed by atoms with Crippen LogP contribution in [0.4, 0.5) is 4.39 Å². The molecule has 4 nitrogen and oxygen atoms in total. The lowest BCUT2D eigenvalue weighted by Crippen LogP contribution is -2.34. The normalized spacial score (nSPS) is 16.2. The van der Waals surface area contributed by atoms with E-state index >= 15 is 0 Å². The third-order valence-electron chi connectivity index (χ3n) is 5.99. The largest absolute Gasteiger partial charge is 0.345 e. The molecule has 2 aromatic rings. The van der Waals surface area contributed by atoms with E-state index in [2.05, 4.69) is 11.4 Å². The molecular weight excluding hydrogens is 423 g/mol. The highest BCUT2D eigenvalue weighted by molar-refractivity contribution is 7.84. The molecule has 1 aliphatic carbocycles. The first kappa shape index (κ1) is 24.1. The zero-order valence-corrected chi connectivity index (χ0v) is 20.2. The molecule has 1 amide bonds. The Labute approximate surface area is 192 Å². The van der Waals surface area contributed by atoms with Gasteiger partial charge in [0.15, 0.2) is 0 Å². The maximum Gasteiger partial charge on any atom is 0.229 e. The second-order valence-electron chi connectivity index (χ2n) is 8.25. The average Bonchev–Trinajstić information content (AvgIpc) is 3.03. The van der Waals surface area contributed by atoms with Crippen molar-refractivity contribution in [2.24, 2.45) is 5.92 Å².